The Morgan fingerprint density at radius 2 is 2.44 bits per heavy atom. The number of hydrogen-bond donors (Lipinski definition) is 1. The Morgan fingerprint density at radius 1 is 1.61 bits per heavy atom. The molecule has 3 nitrogen and oxygen atoms in total. The minimum Gasteiger partial charge on any atom is -0.308 e. The lowest BCUT2D eigenvalue weighted by Crippen LogP contribution is -2.24. The third kappa shape index (κ3) is 4.52. The zero-order chi connectivity index (χ0) is 12.8. The molecule has 0 aromatic carbocycles. The van der Waals surface area contributed by atoms with E-state index >= 15 is 0 Å². The molecule has 0 spiro atoms. The largest absolute Gasteiger partial charge is 0.308 e. The van der Waals surface area contributed by atoms with Crippen LogP contribution in [0.25, 0.3) is 0 Å². The first-order valence-corrected chi connectivity index (χ1v) is 7.69. The molecular weight excluding hydrogens is 242 g/mol. The van der Waals surface area contributed by atoms with Crippen LogP contribution in [0.1, 0.15) is 36.9 Å². The van der Waals surface area contributed by atoms with E-state index in [0.29, 0.717) is 0 Å². The topological polar surface area (TPSA) is 28.2 Å². The summed E-state index contributed by atoms with van der Waals surface area (Å²) < 4.78 is 0. The number of aromatic nitrogens is 1. The van der Waals surface area contributed by atoms with Crippen molar-refractivity contribution in [3.8, 4) is 0 Å². The predicted molar refractivity (Wildman–Crippen MR) is 77.7 cm³/mol. The minimum absolute atomic E-state index is 0.759. The maximum atomic E-state index is 4.69. The van der Waals surface area contributed by atoms with Crippen molar-refractivity contribution in [2.45, 2.75) is 45.3 Å². The van der Waals surface area contributed by atoms with E-state index in [1.54, 1.807) is 11.3 Å². The van der Waals surface area contributed by atoms with E-state index in [2.05, 4.69) is 29.1 Å². The van der Waals surface area contributed by atoms with E-state index in [9.17, 15) is 0 Å². The van der Waals surface area contributed by atoms with Crippen LogP contribution < -0.4 is 5.32 Å². The molecule has 0 saturated heterocycles. The molecule has 1 N–H and O–H groups in total. The molecule has 1 aliphatic carbocycles. The van der Waals surface area contributed by atoms with Gasteiger partial charge in [-0.05, 0) is 25.8 Å². The van der Waals surface area contributed by atoms with Gasteiger partial charge in [-0.1, -0.05) is 13.0 Å². The van der Waals surface area contributed by atoms with Crippen LogP contribution in [0.3, 0.4) is 0 Å². The molecule has 1 heterocycles. The van der Waals surface area contributed by atoms with E-state index in [1.807, 2.05) is 6.08 Å². The second kappa shape index (κ2) is 7.02. The van der Waals surface area contributed by atoms with Gasteiger partial charge in [0.15, 0.2) is 0 Å². The van der Waals surface area contributed by atoms with Crippen molar-refractivity contribution in [1.29, 1.82) is 0 Å². The number of nitrogens with zero attached hydrogens (tertiary/aromatic N) is 2. The van der Waals surface area contributed by atoms with Crippen molar-refractivity contribution in [2.24, 2.45) is 0 Å². The summed E-state index contributed by atoms with van der Waals surface area (Å²) in [5.74, 6) is 0. The molecule has 100 valence electrons. The third-order valence-corrected chi connectivity index (χ3v) is 3.93. The molecule has 1 aliphatic rings. The van der Waals surface area contributed by atoms with E-state index < -0.39 is 0 Å². The molecule has 1 fully saturated rings. The van der Waals surface area contributed by atoms with Crippen molar-refractivity contribution in [3.05, 3.63) is 28.7 Å². The molecule has 0 aliphatic heterocycles. The minimum atomic E-state index is 0.759. The highest BCUT2D eigenvalue weighted by molar-refractivity contribution is 7.09. The van der Waals surface area contributed by atoms with Crippen molar-refractivity contribution in [2.75, 3.05) is 13.1 Å². The average Bonchev–Trinajstić information content (AvgIpc) is 3.08. The van der Waals surface area contributed by atoms with Gasteiger partial charge in [-0.3, -0.25) is 4.90 Å². The summed E-state index contributed by atoms with van der Waals surface area (Å²) in [6, 6.07) is 0.759. The highest BCUT2D eigenvalue weighted by atomic mass is 32.1. The van der Waals surface area contributed by atoms with Crippen LogP contribution in [0.4, 0.5) is 0 Å². The van der Waals surface area contributed by atoms with Crippen LogP contribution in [0.5, 0.6) is 0 Å². The SMILES string of the molecule is C=CCN(CCC)Cc1csc(CNC2CC2)n1. The van der Waals surface area contributed by atoms with Gasteiger partial charge in [0.05, 0.1) is 5.69 Å². The van der Waals surface area contributed by atoms with Crippen molar-refractivity contribution in [1.82, 2.24) is 15.2 Å². The van der Waals surface area contributed by atoms with E-state index in [4.69, 9.17) is 4.98 Å². The number of nitrogens with one attached hydrogen (secondary N) is 1. The molecular formula is C14H23N3S. The summed E-state index contributed by atoms with van der Waals surface area (Å²) in [5, 5.41) is 6.91. The zero-order valence-electron chi connectivity index (χ0n) is 11.2. The van der Waals surface area contributed by atoms with Crippen molar-refractivity contribution in [3.63, 3.8) is 0 Å². The molecule has 1 aromatic rings. The molecule has 1 saturated carbocycles. The van der Waals surface area contributed by atoms with Crippen LogP contribution in [0, 0.1) is 0 Å². The predicted octanol–water partition coefficient (Wildman–Crippen LogP) is 2.79. The van der Waals surface area contributed by atoms with Crippen LogP contribution in [0.15, 0.2) is 18.0 Å². The second-order valence-corrected chi connectivity index (χ2v) is 5.85. The fourth-order valence-corrected chi connectivity index (χ4v) is 2.72. The Balaban J connectivity index is 1.81. The molecule has 0 amide bonds. The van der Waals surface area contributed by atoms with Crippen molar-refractivity contribution < 1.29 is 0 Å². The normalized spacial score (nSPS) is 15.2. The van der Waals surface area contributed by atoms with Gasteiger partial charge in [-0.25, -0.2) is 4.98 Å². The number of rotatable bonds is 9. The lowest BCUT2D eigenvalue weighted by molar-refractivity contribution is 0.292. The molecule has 0 radical (unpaired) electrons. The van der Waals surface area contributed by atoms with Crippen molar-refractivity contribution >= 4 is 11.3 Å². The Kier molecular flexibility index (Phi) is 5.35. The summed E-state index contributed by atoms with van der Waals surface area (Å²) in [7, 11) is 0. The van der Waals surface area contributed by atoms with Gasteiger partial charge in [0.2, 0.25) is 0 Å². The average molecular weight is 265 g/mol. The highest BCUT2D eigenvalue weighted by Crippen LogP contribution is 2.20. The fraction of sp³-hybridized carbons (Fsp3) is 0.643. The Labute approximate surface area is 114 Å². The van der Waals surface area contributed by atoms with Crippen LogP contribution >= 0.6 is 11.3 Å². The molecule has 2 rings (SSSR count). The highest BCUT2D eigenvalue weighted by Gasteiger charge is 2.20. The molecule has 0 unspecified atom stereocenters. The quantitative estimate of drug-likeness (QED) is 0.696. The Hall–Kier alpha value is -0.710. The van der Waals surface area contributed by atoms with E-state index in [-0.39, 0.29) is 0 Å². The van der Waals surface area contributed by atoms with Gasteiger partial charge in [0.1, 0.15) is 5.01 Å². The molecule has 0 atom stereocenters. The van der Waals surface area contributed by atoms with Crippen LogP contribution in [-0.2, 0) is 13.1 Å². The van der Waals surface area contributed by atoms with Gasteiger partial charge in [-0.2, -0.15) is 0 Å². The van der Waals surface area contributed by atoms with Gasteiger partial charge in [-0.15, -0.1) is 17.9 Å². The van der Waals surface area contributed by atoms with Crippen LogP contribution in [-0.4, -0.2) is 29.0 Å². The van der Waals surface area contributed by atoms with Crippen LogP contribution in [0.2, 0.25) is 0 Å². The number of thiazole rings is 1. The van der Waals surface area contributed by atoms with Gasteiger partial charge in [0, 0.05) is 31.1 Å². The summed E-state index contributed by atoms with van der Waals surface area (Å²) in [6.45, 7) is 9.96. The summed E-state index contributed by atoms with van der Waals surface area (Å²) >= 11 is 1.77. The molecule has 0 bridgehead atoms. The molecule has 1 aromatic heterocycles. The first-order valence-electron chi connectivity index (χ1n) is 6.81. The lowest BCUT2D eigenvalue weighted by Gasteiger charge is -2.18. The second-order valence-electron chi connectivity index (χ2n) is 4.91. The Morgan fingerprint density at radius 3 is 3.11 bits per heavy atom. The van der Waals surface area contributed by atoms with E-state index in [0.717, 1.165) is 32.2 Å². The smallest absolute Gasteiger partial charge is 0.107 e. The monoisotopic (exact) mass is 265 g/mol. The Bertz CT molecular complexity index is 371. The summed E-state index contributed by atoms with van der Waals surface area (Å²) in [5.41, 5.74) is 1.20. The first kappa shape index (κ1) is 13.7. The van der Waals surface area contributed by atoms with Gasteiger partial charge in [0.25, 0.3) is 0 Å². The standard InChI is InChI=1S/C14H23N3S/c1-3-7-17(8-4-2)10-13-11-18-14(16-13)9-15-12-5-6-12/h3,11-12,15H,1,4-10H2,2H3. The zero-order valence-corrected chi connectivity index (χ0v) is 12.0. The number of hydrogen-bond acceptors (Lipinski definition) is 4. The third-order valence-electron chi connectivity index (χ3n) is 3.03. The van der Waals surface area contributed by atoms with Gasteiger partial charge < -0.3 is 5.32 Å². The summed E-state index contributed by atoms with van der Waals surface area (Å²) in [6.07, 6.45) is 5.81. The maximum absolute atomic E-state index is 4.69. The summed E-state index contributed by atoms with van der Waals surface area (Å²) in [4.78, 5) is 7.08. The first-order chi connectivity index (χ1) is 8.81. The fourth-order valence-electron chi connectivity index (χ4n) is 1.98. The maximum Gasteiger partial charge on any atom is 0.107 e. The van der Waals surface area contributed by atoms with E-state index in [1.165, 1.54) is 30.0 Å². The molecule has 18 heavy (non-hydrogen) atoms. The lowest BCUT2D eigenvalue weighted by atomic mass is 10.3. The molecule has 4 heteroatoms. The van der Waals surface area contributed by atoms with Gasteiger partial charge >= 0.3 is 0 Å².